The Balaban J connectivity index is 2.61. The Hall–Kier alpha value is -1.36. The molecule has 2 amide bonds. The summed E-state index contributed by atoms with van der Waals surface area (Å²) < 4.78 is 25.0. The molecule has 0 radical (unpaired) electrons. The molecule has 0 unspecified atom stereocenters. The van der Waals surface area contributed by atoms with Gasteiger partial charge in [0.15, 0.2) is 5.37 Å². The molecule has 0 aromatic carbocycles. The molecule has 1 heterocycles. The SMILES string of the molecule is CC1=CN(C)N(Cl)[C@H]1S(=O)(=O)NNC(=O)CCC(N)=O. The zero-order valence-corrected chi connectivity index (χ0v) is 12.5. The number of halogens is 1. The first-order valence-electron chi connectivity index (χ1n) is 5.59. The number of amides is 2. The lowest BCUT2D eigenvalue weighted by Crippen LogP contribution is -2.50. The van der Waals surface area contributed by atoms with Gasteiger partial charge in [0.25, 0.3) is 10.0 Å². The zero-order valence-electron chi connectivity index (χ0n) is 11.0. The Morgan fingerprint density at radius 2 is 2.05 bits per heavy atom. The second-order valence-electron chi connectivity index (χ2n) is 4.25. The van der Waals surface area contributed by atoms with Crippen molar-refractivity contribution in [3.05, 3.63) is 11.8 Å². The number of hydrogen-bond donors (Lipinski definition) is 3. The molecule has 4 N–H and O–H groups in total. The summed E-state index contributed by atoms with van der Waals surface area (Å²) in [5.41, 5.74) is 7.36. The minimum atomic E-state index is -3.94. The van der Waals surface area contributed by atoms with Gasteiger partial charge in [-0.2, -0.15) is 0 Å². The number of hydrazine groups is 2. The fourth-order valence-corrected chi connectivity index (χ4v) is 3.40. The normalized spacial score (nSPS) is 19.9. The molecule has 1 rings (SSSR count). The van der Waals surface area contributed by atoms with E-state index >= 15 is 0 Å². The van der Waals surface area contributed by atoms with Gasteiger partial charge in [-0.05, 0) is 12.5 Å². The minimum absolute atomic E-state index is 0.166. The molecule has 1 aliphatic heterocycles. The largest absolute Gasteiger partial charge is 0.370 e. The summed E-state index contributed by atoms with van der Waals surface area (Å²) in [5.74, 6) is -1.31. The average molecular weight is 326 g/mol. The summed E-state index contributed by atoms with van der Waals surface area (Å²) in [6.45, 7) is 1.59. The number of nitrogens with one attached hydrogen (secondary N) is 2. The van der Waals surface area contributed by atoms with E-state index in [-0.39, 0.29) is 12.8 Å². The summed E-state index contributed by atoms with van der Waals surface area (Å²) in [7, 11) is -2.36. The van der Waals surface area contributed by atoms with Crippen LogP contribution in [0.15, 0.2) is 11.8 Å². The van der Waals surface area contributed by atoms with Crippen LogP contribution < -0.4 is 16.0 Å². The van der Waals surface area contributed by atoms with Crippen molar-refractivity contribution in [3.8, 4) is 0 Å². The molecule has 0 aliphatic carbocycles. The Morgan fingerprint density at radius 3 is 2.50 bits per heavy atom. The Bertz CT molecular complexity index is 534. The van der Waals surface area contributed by atoms with Crippen molar-refractivity contribution in [1.82, 2.24) is 19.8 Å². The van der Waals surface area contributed by atoms with E-state index in [0.717, 1.165) is 4.53 Å². The first-order chi connectivity index (χ1) is 9.15. The van der Waals surface area contributed by atoms with Crippen LogP contribution in [0.4, 0.5) is 0 Å². The van der Waals surface area contributed by atoms with Crippen LogP contribution in [0.3, 0.4) is 0 Å². The lowest BCUT2D eigenvalue weighted by atomic mass is 10.3. The van der Waals surface area contributed by atoms with E-state index in [1.165, 1.54) is 5.01 Å². The van der Waals surface area contributed by atoms with E-state index in [4.69, 9.17) is 17.5 Å². The van der Waals surface area contributed by atoms with Gasteiger partial charge in [0.1, 0.15) is 0 Å². The Kier molecular flexibility index (Phi) is 5.34. The van der Waals surface area contributed by atoms with Gasteiger partial charge >= 0.3 is 0 Å². The molecular weight excluding hydrogens is 310 g/mol. The molecule has 0 saturated carbocycles. The van der Waals surface area contributed by atoms with Crippen molar-refractivity contribution in [2.45, 2.75) is 25.1 Å². The molecule has 1 atom stereocenters. The molecule has 0 bridgehead atoms. The van der Waals surface area contributed by atoms with E-state index < -0.39 is 27.2 Å². The second-order valence-corrected chi connectivity index (χ2v) is 6.34. The first-order valence-corrected chi connectivity index (χ1v) is 7.47. The van der Waals surface area contributed by atoms with Crippen molar-refractivity contribution in [1.29, 1.82) is 0 Å². The highest BCUT2D eigenvalue weighted by Crippen LogP contribution is 2.26. The number of primary amides is 1. The molecular formula is C9H16ClN5O4S. The molecule has 0 spiro atoms. The predicted octanol–water partition coefficient (Wildman–Crippen LogP) is -1.25. The number of sulfonamides is 1. The fraction of sp³-hybridized carbons (Fsp3) is 0.556. The highest BCUT2D eigenvalue weighted by molar-refractivity contribution is 7.90. The number of rotatable bonds is 6. The standard InChI is InChI=1S/C9H16ClN5O4S/c1-6-5-14(2)15(10)9(6)20(18,19)13-12-8(17)4-3-7(11)16/h5,9,13H,3-4H2,1-2H3,(H2,11,16)(H,12,17)/t9-/m0/s1. The highest BCUT2D eigenvalue weighted by atomic mass is 35.5. The summed E-state index contributed by atoms with van der Waals surface area (Å²) in [6, 6.07) is 0. The Labute approximate surface area is 121 Å². The quantitative estimate of drug-likeness (QED) is 0.414. The van der Waals surface area contributed by atoms with E-state index in [1.807, 2.05) is 10.3 Å². The maximum atomic E-state index is 12.0. The molecule has 1 aliphatic rings. The van der Waals surface area contributed by atoms with Crippen LogP contribution in [-0.2, 0) is 19.6 Å². The number of hydrogen-bond acceptors (Lipinski definition) is 6. The molecule has 0 aromatic heterocycles. The summed E-state index contributed by atoms with van der Waals surface area (Å²) in [4.78, 5) is 23.8. The third-order valence-electron chi connectivity index (χ3n) is 2.50. The number of nitrogens with zero attached hydrogens (tertiary/aromatic N) is 2. The molecule has 11 heteroatoms. The second kappa shape index (κ2) is 6.39. The molecule has 9 nitrogen and oxygen atoms in total. The van der Waals surface area contributed by atoms with Gasteiger partial charge in [0.2, 0.25) is 11.8 Å². The third-order valence-corrected chi connectivity index (χ3v) is 4.60. The van der Waals surface area contributed by atoms with Crippen LogP contribution in [0.2, 0.25) is 0 Å². The van der Waals surface area contributed by atoms with Crippen molar-refractivity contribution < 1.29 is 18.0 Å². The molecule has 114 valence electrons. The fourth-order valence-electron chi connectivity index (χ4n) is 1.59. The van der Waals surface area contributed by atoms with Crippen LogP contribution in [-0.4, -0.2) is 42.2 Å². The lowest BCUT2D eigenvalue weighted by molar-refractivity contribution is -0.125. The van der Waals surface area contributed by atoms with Gasteiger partial charge in [-0.15, -0.1) is 9.36 Å². The molecule has 20 heavy (non-hydrogen) atoms. The summed E-state index contributed by atoms with van der Waals surface area (Å²) in [5, 5.41) is 0.265. The van der Waals surface area contributed by atoms with E-state index in [0.29, 0.717) is 5.57 Å². The number of carbonyl (C=O) groups excluding carboxylic acids is 2. The predicted molar refractivity (Wildman–Crippen MR) is 71.6 cm³/mol. The molecule has 0 saturated heterocycles. The van der Waals surface area contributed by atoms with Crippen LogP contribution in [0, 0.1) is 0 Å². The maximum absolute atomic E-state index is 12.0. The molecule has 0 fully saturated rings. The third kappa shape index (κ3) is 4.07. The van der Waals surface area contributed by atoms with Gasteiger partial charge < -0.3 is 10.7 Å². The monoisotopic (exact) mass is 325 g/mol. The van der Waals surface area contributed by atoms with Crippen LogP contribution in [0.25, 0.3) is 0 Å². The van der Waals surface area contributed by atoms with Gasteiger partial charge in [-0.1, -0.05) is 0 Å². The number of carbonyl (C=O) groups is 2. The minimum Gasteiger partial charge on any atom is -0.370 e. The van der Waals surface area contributed by atoms with Gasteiger partial charge in [0, 0.05) is 37.9 Å². The van der Waals surface area contributed by atoms with E-state index in [2.05, 4.69) is 0 Å². The van der Waals surface area contributed by atoms with Crippen LogP contribution in [0.1, 0.15) is 19.8 Å². The summed E-state index contributed by atoms with van der Waals surface area (Å²) >= 11 is 5.84. The van der Waals surface area contributed by atoms with E-state index in [9.17, 15) is 18.0 Å². The highest BCUT2D eigenvalue weighted by Gasteiger charge is 2.38. The van der Waals surface area contributed by atoms with Crippen molar-refractivity contribution in [2.24, 2.45) is 5.73 Å². The van der Waals surface area contributed by atoms with E-state index in [1.54, 1.807) is 20.2 Å². The lowest BCUT2D eigenvalue weighted by Gasteiger charge is -2.24. The maximum Gasteiger partial charge on any atom is 0.251 e. The van der Waals surface area contributed by atoms with Gasteiger partial charge in [-0.3, -0.25) is 15.0 Å². The molecule has 0 aromatic rings. The van der Waals surface area contributed by atoms with Crippen LogP contribution in [0.5, 0.6) is 0 Å². The smallest absolute Gasteiger partial charge is 0.251 e. The van der Waals surface area contributed by atoms with Gasteiger partial charge in [-0.25, -0.2) is 8.42 Å². The van der Waals surface area contributed by atoms with Crippen molar-refractivity contribution in [2.75, 3.05) is 7.05 Å². The average Bonchev–Trinajstić information content (AvgIpc) is 2.58. The topological polar surface area (TPSA) is 125 Å². The van der Waals surface area contributed by atoms with Crippen molar-refractivity contribution in [3.63, 3.8) is 0 Å². The first kappa shape index (κ1) is 16.7. The van der Waals surface area contributed by atoms with Crippen LogP contribution >= 0.6 is 11.8 Å². The van der Waals surface area contributed by atoms with Crippen molar-refractivity contribution >= 4 is 33.6 Å². The Morgan fingerprint density at radius 1 is 1.45 bits per heavy atom. The number of nitrogens with two attached hydrogens (primary N) is 1. The zero-order chi connectivity index (χ0) is 15.5. The van der Waals surface area contributed by atoms with Gasteiger partial charge in [0.05, 0.1) is 0 Å². The summed E-state index contributed by atoms with van der Waals surface area (Å²) in [6.07, 6.45) is 1.17.